The van der Waals surface area contributed by atoms with Gasteiger partial charge in [-0.3, -0.25) is 0 Å². The quantitative estimate of drug-likeness (QED) is 0.740. The van der Waals surface area contributed by atoms with Gasteiger partial charge in [-0.1, -0.05) is 42.5 Å². The van der Waals surface area contributed by atoms with Crippen molar-refractivity contribution in [2.24, 2.45) is 0 Å². The molecular weight excluding hydrogens is 257 g/mol. The number of hydrogen-bond donors (Lipinski definition) is 0. The third-order valence-corrected chi connectivity index (χ3v) is 3.38. The van der Waals surface area contributed by atoms with Crippen LogP contribution in [0.5, 0.6) is 0 Å². The minimum absolute atomic E-state index is 0.210. The van der Waals surface area contributed by atoms with Gasteiger partial charge in [0.05, 0.1) is 5.57 Å². The topological polar surface area (TPSA) is 0 Å². The third kappa shape index (κ3) is 3.23. The minimum atomic E-state index is -4.32. The Morgan fingerprint density at radius 3 is 2.33 bits per heavy atom. The largest absolute Gasteiger partial charge is 0.416 e. The lowest BCUT2D eigenvalue weighted by atomic mass is 10.0. The molecule has 0 fully saturated rings. The number of alkyl halides is 3. The van der Waals surface area contributed by atoms with Crippen molar-refractivity contribution >= 4 is 16.9 Å². The second-order valence-corrected chi connectivity index (χ2v) is 4.80. The highest BCUT2D eigenvalue weighted by molar-refractivity contribution is 7.09. The molecule has 0 unspecified atom stereocenters. The second kappa shape index (κ2) is 5.40. The van der Waals surface area contributed by atoms with Crippen LogP contribution in [0.2, 0.25) is 0 Å². The number of rotatable bonds is 3. The summed E-state index contributed by atoms with van der Waals surface area (Å²) in [7, 11) is 0. The van der Waals surface area contributed by atoms with E-state index >= 15 is 0 Å². The Labute approximate surface area is 107 Å². The fourth-order valence-corrected chi connectivity index (χ4v) is 2.31. The molecule has 0 spiro atoms. The van der Waals surface area contributed by atoms with E-state index < -0.39 is 11.7 Å². The summed E-state index contributed by atoms with van der Waals surface area (Å²) in [6.45, 7) is 0. The van der Waals surface area contributed by atoms with E-state index in [4.69, 9.17) is 0 Å². The van der Waals surface area contributed by atoms with E-state index in [1.165, 1.54) is 29.5 Å². The number of allylic oxidation sites excluding steroid dienone is 2. The molecule has 2 rings (SSSR count). The molecule has 0 radical (unpaired) electrons. The molecule has 94 valence electrons. The number of hydrogen-bond acceptors (Lipinski definition) is 1. The SMILES string of the molecule is FC(F)(F)/C(=C/Cc1cccs1)c1ccccc1. The lowest BCUT2D eigenvalue weighted by molar-refractivity contribution is -0.0690. The molecule has 0 saturated carbocycles. The molecule has 18 heavy (non-hydrogen) atoms. The lowest BCUT2D eigenvalue weighted by Crippen LogP contribution is -2.11. The van der Waals surface area contributed by atoms with Gasteiger partial charge < -0.3 is 0 Å². The van der Waals surface area contributed by atoms with Crippen molar-refractivity contribution in [1.82, 2.24) is 0 Å². The molecule has 1 heterocycles. The zero-order chi connectivity index (χ0) is 13.0. The van der Waals surface area contributed by atoms with Gasteiger partial charge in [0.2, 0.25) is 0 Å². The molecule has 1 aromatic heterocycles. The molecule has 0 bridgehead atoms. The summed E-state index contributed by atoms with van der Waals surface area (Å²) in [5, 5.41) is 1.86. The maximum absolute atomic E-state index is 13.0. The highest BCUT2D eigenvalue weighted by Gasteiger charge is 2.34. The predicted molar refractivity (Wildman–Crippen MR) is 68.5 cm³/mol. The number of thiophene rings is 1. The van der Waals surface area contributed by atoms with E-state index in [0.717, 1.165) is 4.88 Å². The Morgan fingerprint density at radius 1 is 1.06 bits per heavy atom. The van der Waals surface area contributed by atoms with E-state index in [9.17, 15) is 13.2 Å². The van der Waals surface area contributed by atoms with Crippen LogP contribution in [0.1, 0.15) is 10.4 Å². The van der Waals surface area contributed by atoms with Crippen LogP contribution in [-0.2, 0) is 6.42 Å². The molecule has 0 aliphatic rings. The van der Waals surface area contributed by atoms with E-state index in [2.05, 4.69) is 0 Å². The first-order valence-corrected chi connectivity index (χ1v) is 6.30. The summed E-state index contributed by atoms with van der Waals surface area (Å²) in [4.78, 5) is 0.924. The van der Waals surface area contributed by atoms with Crippen LogP contribution in [0.25, 0.3) is 5.57 Å². The van der Waals surface area contributed by atoms with Gasteiger partial charge in [0.15, 0.2) is 0 Å². The highest BCUT2D eigenvalue weighted by Crippen LogP contribution is 2.34. The van der Waals surface area contributed by atoms with Gasteiger partial charge in [-0.15, -0.1) is 11.3 Å². The van der Waals surface area contributed by atoms with E-state index in [1.807, 2.05) is 17.5 Å². The zero-order valence-corrected chi connectivity index (χ0v) is 10.3. The minimum Gasteiger partial charge on any atom is -0.166 e. The molecule has 0 saturated heterocycles. The van der Waals surface area contributed by atoms with Gasteiger partial charge in [0.25, 0.3) is 0 Å². The Hall–Kier alpha value is -1.55. The fraction of sp³-hybridized carbons (Fsp3) is 0.143. The predicted octanol–water partition coefficient (Wildman–Crippen LogP) is 4.94. The standard InChI is InChI=1S/C14H11F3S/c15-14(16,17)13(11-5-2-1-3-6-11)9-8-12-7-4-10-18-12/h1-7,9-10H,8H2/b13-9+. The normalized spacial score (nSPS) is 12.7. The molecule has 0 N–H and O–H groups in total. The number of benzene rings is 1. The van der Waals surface area contributed by atoms with Gasteiger partial charge in [0, 0.05) is 11.3 Å². The van der Waals surface area contributed by atoms with Crippen molar-refractivity contribution in [2.75, 3.05) is 0 Å². The van der Waals surface area contributed by atoms with Gasteiger partial charge in [-0.25, -0.2) is 0 Å². The fourth-order valence-electron chi connectivity index (χ4n) is 1.65. The summed E-state index contributed by atoms with van der Waals surface area (Å²) < 4.78 is 38.9. The zero-order valence-electron chi connectivity index (χ0n) is 9.45. The van der Waals surface area contributed by atoms with E-state index in [0.29, 0.717) is 6.42 Å². The second-order valence-electron chi connectivity index (χ2n) is 3.77. The molecule has 4 heteroatoms. The van der Waals surface area contributed by atoms with Gasteiger partial charge in [0.1, 0.15) is 0 Å². The third-order valence-electron chi connectivity index (χ3n) is 2.48. The van der Waals surface area contributed by atoms with Gasteiger partial charge >= 0.3 is 6.18 Å². The molecule has 0 aliphatic carbocycles. The summed E-state index contributed by atoms with van der Waals surface area (Å²) in [5.41, 5.74) is -0.363. The van der Waals surface area contributed by atoms with Crippen LogP contribution in [0.3, 0.4) is 0 Å². The van der Waals surface area contributed by atoms with Crippen molar-refractivity contribution in [3.63, 3.8) is 0 Å². The van der Waals surface area contributed by atoms with E-state index in [1.54, 1.807) is 18.2 Å². The van der Waals surface area contributed by atoms with Crippen molar-refractivity contribution in [3.8, 4) is 0 Å². The van der Waals surface area contributed by atoms with Gasteiger partial charge in [-0.2, -0.15) is 13.2 Å². The Balaban J connectivity index is 2.29. The first-order valence-electron chi connectivity index (χ1n) is 5.42. The van der Waals surface area contributed by atoms with Crippen molar-refractivity contribution in [3.05, 3.63) is 64.4 Å². The maximum atomic E-state index is 13.0. The summed E-state index contributed by atoms with van der Waals surface area (Å²) in [5.74, 6) is 0. The van der Waals surface area contributed by atoms with Crippen LogP contribution in [0, 0.1) is 0 Å². The van der Waals surface area contributed by atoms with Crippen LogP contribution >= 0.6 is 11.3 Å². The summed E-state index contributed by atoms with van der Waals surface area (Å²) in [6.07, 6.45) is -2.76. The first-order chi connectivity index (χ1) is 8.57. The Kier molecular flexibility index (Phi) is 3.87. The van der Waals surface area contributed by atoms with Crippen molar-refractivity contribution < 1.29 is 13.2 Å². The maximum Gasteiger partial charge on any atom is 0.416 e. The van der Waals surface area contributed by atoms with Crippen molar-refractivity contribution in [2.45, 2.75) is 12.6 Å². The van der Waals surface area contributed by atoms with Crippen LogP contribution in [0.15, 0.2) is 53.9 Å². The van der Waals surface area contributed by atoms with Gasteiger partial charge in [-0.05, 0) is 17.0 Å². The number of halogens is 3. The molecule has 2 aromatic rings. The van der Waals surface area contributed by atoms with Crippen LogP contribution < -0.4 is 0 Å². The summed E-state index contributed by atoms with van der Waals surface area (Å²) >= 11 is 1.46. The highest BCUT2D eigenvalue weighted by atomic mass is 32.1. The average molecular weight is 268 g/mol. The van der Waals surface area contributed by atoms with E-state index in [-0.39, 0.29) is 5.56 Å². The lowest BCUT2D eigenvalue weighted by Gasteiger charge is -2.11. The Morgan fingerprint density at radius 2 is 1.78 bits per heavy atom. The Bertz CT molecular complexity index is 510. The molecule has 0 nitrogen and oxygen atoms in total. The molecule has 0 amide bonds. The van der Waals surface area contributed by atoms with Crippen LogP contribution in [-0.4, -0.2) is 6.18 Å². The smallest absolute Gasteiger partial charge is 0.166 e. The first kappa shape index (κ1) is 12.9. The van der Waals surface area contributed by atoms with Crippen LogP contribution in [0.4, 0.5) is 13.2 Å². The monoisotopic (exact) mass is 268 g/mol. The molecule has 0 aliphatic heterocycles. The summed E-state index contributed by atoms with van der Waals surface area (Å²) in [6, 6.07) is 11.6. The van der Waals surface area contributed by atoms with Crippen molar-refractivity contribution in [1.29, 1.82) is 0 Å². The molecular formula is C14H11F3S. The molecule has 0 atom stereocenters. The average Bonchev–Trinajstić information content (AvgIpc) is 2.82. The molecule has 1 aromatic carbocycles.